The molecule has 3 rings (SSSR count). The fourth-order valence-electron chi connectivity index (χ4n) is 2.13. The molecule has 0 fully saturated rings. The van der Waals surface area contributed by atoms with Gasteiger partial charge in [0.1, 0.15) is 6.17 Å². The Hall–Kier alpha value is -2.09. The van der Waals surface area contributed by atoms with E-state index >= 15 is 0 Å². The Morgan fingerprint density at radius 2 is 1.65 bits per heavy atom. The Balaban J connectivity index is 2.14. The first kappa shape index (κ1) is 10.1. The van der Waals surface area contributed by atoms with Gasteiger partial charge in [-0.15, -0.1) is 0 Å². The lowest BCUT2D eigenvalue weighted by molar-refractivity contribution is 0.729. The van der Waals surface area contributed by atoms with Gasteiger partial charge in [0.15, 0.2) is 0 Å². The lowest BCUT2D eigenvalue weighted by Gasteiger charge is -2.27. The molecule has 2 aromatic rings. The molecule has 2 nitrogen and oxygen atoms in total. The van der Waals surface area contributed by atoms with Crippen molar-refractivity contribution in [1.29, 1.82) is 0 Å². The van der Waals surface area contributed by atoms with Crippen molar-refractivity contribution in [2.75, 3.05) is 4.90 Å². The van der Waals surface area contributed by atoms with Crippen LogP contribution < -0.4 is 15.5 Å². The van der Waals surface area contributed by atoms with Gasteiger partial charge in [-0.3, -0.25) is 4.99 Å². The molecule has 0 spiro atoms. The smallest absolute Gasteiger partial charge is 0.122 e. The summed E-state index contributed by atoms with van der Waals surface area (Å²) in [6.45, 7) is 2.11. The predicted molar refractivity (Wildman–Crippen MR) is 70.1 cm³/mol. The quantitative estimate of drug-likeness (QED) is 0.719. The van der Waals surface area contributed by atoms with Gasteiger partial charge in [-0.1, -0.05) is 36.4 Å². The van der Waals surface area contributed by atoms with Crippen molar-refractivity contribution in [1.82, 2.24) is 0 Å². The lowest BCUT2D eigenvalue weighted by atomic mass is 10.2. The minimum Gasteiger partial charge on any atom is -0.325 e. The maximum absolute atomic E-state index is 4.70. The minimum atomic E-state index is 0.146. The van der Waals surface area contributed by atoms with Gasteiger partial charge in [-0.05, 0) is 25.1 Å². The molecule has 0 radical (unpaired) electrons. The van der Waals surface area contributed by atoms with E-state index in [0.717, 1.165) is 5.36 Å². The van der Waals surface area contributed by atoms with Crippen molar-refractivity contribution >= 4 is 11.9 Å². The molecule has 0 amide bonds. The summed E-state index contributed by atoms with van der Waals surface area (Å²) < 4.78 is 0. The van der Waals surface area contributed by atoms with Crippen LogP contribution >= 0.6 is 0 Å². The molecule has 84 valence electrons. The molecule has 0 aromatic heterocycles. The van der Waals surface area contributed by atoms with Gasteiger partial charge in [0, 0.05) is 17.1 Å². The summed E-state index contributed by atoms with van der Waals surface area (Å²) in [5, 5.41) is 2.25. The maximum atomic E-state index is 4.70. The zero-order valence-electron chi connectivity index (χ0n) is 9.75. The molecule has 1 aliphatic heterocycles. The van der Waals surface area contributed by atoms with Crippen LogP contribution in [0.1, 0.15) is 6.92 Å². The highest BCUT2D eigenvalue weighted by Crippen LogP contribution is 2.17. The maximum Gasteiger partial charge on any atom is 0.122 e. The van der Waals surface area contributed by atoms with Crippen molar-refractivity contribution in [3.05, 3.63) is 65.2 Å². The number of anilines is 1. The first-order chi connectivity index (χ1) is 8.34. The average molecular weight is 222 g/mol. The van der Waals surface area contributed by atoms with E-state index in [9.17, 15) is 0 Å². The summed E-state index contributed by atoms with van der Waals surface area (Å²) >= 11 is 0. The SMILES string of the molecule is CC1N=c2ccccc2=CN1c1ccccc1. The molecule has 1 heterocycles. The first-order valence-electron chi connectivity index (χ1n) is 5.83. The highest BCUT2D eigenvalue weighted by Gasteiger charge is 2.13. The van der Waals surface area contributed by atoms with E-state index in [2.05, 4.69) is 54.4 Å². The molecule has 0 N–H and O–H groups in total. The number of benzene rings is 2. The minimum absolute atomic E-state index is 0.146. The Morgan fingerprint density at radius 1 is 0.941 bits per heavy atom. The van der Waals surface area contributed by atoms with Crippen LogP contribution in [0, 0.1) is 0 Å². The largest absolute Gasteiger partial charge is 0.325 e. The fraction of sp³-hybridized carbons (Fsp3) is 0.133. The normalized spacial score (nSPS) is 17.9. The summed E-state index contributed by atoms with van der Waals surface area (Å²) in [5.74, 6) is 0. The van der Waals surface area contributed by atoms with Crippen LogP contribution in [-0.4, -0.2) is 6.17 Å². The number of para-hydroxylation sites is 2. The number of hydrogen-bond acceptors (Lipinski definition) is 2. The standard InChI is InChI=1S/C15H14N2/c1-12-16-15-10-6-5-7-13(15)11-17(12)14-8-3-2-4-9-14/h2-12H,1H3. The van der Waals surface area contributed by atoms with E-state index in [1.165, 1.54) is 10.9 Å². The average Bonchev–Trinajstić information content (AvgIpc) is 2.39. The molecule has 0 saturated carbocycles. The van der Waals surface area contributed by atoms with Crippen molar-refractivity contribution in [2.24, 2.45) is 4.99 Å². The topological polar surface area (TPSA) is 15.6 Å². The van der Waals surface area contributed by atoms with Gasteiger partial charge in [0.25, 0.3) is 0 Å². The summed E-state index contributed by atoms with van der Waals surface area (Å²) in [6.07, 6.45) is 2.31. The molecule has 0 bridgehead atoms. The highest BCUT2D eigenvalue weighted by atomic mass is 15.2. The molecule has 0 aliphatic carbocycles. The monoisotopic (exact) mass is 222 g/mol. The second-order valence-corrected chi connectivity index (χ2v) is 4.19. The zero-order chi connectivity index (χ0) is 11.7. The molecular formula is C15H14N2. The first-order valence-corrected chi connectivity index (χ1v) is 5.83. The lowest BCUT2D eigenvalue weighted by Crippen LogP contribution is -2.40. The summed E-state index contributed by atoms with van der Waals surface area (Å²) in [6, 6.07) is 18.6. The van der Waals surface area contributed by atoms with Crippen LogP contribution in [0.4, 0.5) is 5.69 Å². The molecule has 1 atom stereocenters. The Morgan fingerprint density at radius 3 is 2.47 bits per heavy atom. The number of fused-ring (bicyclic) bond motifs is 1. The molecule has 0 saturated heterocycles. The van der Waals surface area contributed by atoms with Crippen LogP contribution in [-0.2, 0) is 0 Å². The second kappa shape index (κ2) is 4.06. The van der Waals surface area contributed by atoms with Gasteiger partial charge in [-0.25, -0.2) is 0 Å². The summed E-state index contributed by atoms with van der Waals surface area (Å²) in [5.41, 5.74) is 1.18. The van der Waals surface area contributed by atoms with Gasteiger partial charge in [-0.2, -0.15) is 0 Å². The van der Waals surface area contributed by atoms with Crippen molar-refractivity contribution < 1.29 is 0 Å². The molecule has 2 aromatic carbocycles. The molecular weight excluding hydrogens is 208 g/mol. The van der Waals surface area contributed by atoms with Crippen molar-refractivity contribution in [3.63, 3.8) is 0 Å². The van der Waals surface area contributed by atoms with Gasteiger partial charge >= 0.3 is 0 Å². The Bertz CT molecular complexity index is 631. The zero-order valence-corrected chi connectivity index (χ0v) is 9.75. The van der Waals surface area contributed by atoms with Crippen molar-refractivity contribution in [2.45, 2.75) is 13.1 Å². The number of rotatable bonds is 1. The molecule has 1 unspecified atom stereocenters. The van der Waals surface area contributed by atoms with E-state index in [1.54, 1.807) is 0 Å². The summed E-state index contributed by atoms with van der Waals surface area (Å²) in [4.78, 5) is 6.90. The van der Waals surface area contributed by atoms with E-state index in [1.807, 2.05) is 18.2 Å². The molecule has 17 heavy (non-hydrogen) atoms. The van der Waals surface area contributed by atoms with Gasteiger partial charge in [0.05, 0.1) is 5.36 Å². The highest BCUT2D eigenvalue weighted by molar-refractivity contribution is 5.59. The van der Waals surface area contributed by atoms with E-state index in [4.69, 9.17) is 4.99 Å². The van der Waals surface area contributed by atoms with E-state index < -0.39 is 0 Å². The predicted octanol–water partition coefficient (Wildman–Crippen LogP) is 1.91. The van der Waals surface area contributed by atoms with Crippen LogP contribution in [0.15, 0.2) is 59.6 Å². The van der Waals surface area contributed by atoms with Crippen LogP contribution in [0.2, 0.25) is 0 Å². The molecule has 2 heteroatoms. The molecule has 1 aliphatic rings. The van der Waals surface area contributed by atoms with Crippen LogP contribution in [0.5, 0.6) is 0 Å². The van der Waals surface area contributed by atoms with Crippen LogP contribution in [0.3, 0.4) is 0 Å². The third-order valence-corrected chi connectivity index (χ3v) is 3.00. The number of hydrogen-bond donors (Lipinski definition) is 0. The third-order valence-electron chi connectivity index (χ3n) is 3.00. The Labute approximate surface area is 101 Å². The van der Waals surface area contributed by atoms with E-state index in [0.29, 0.717) is 0 Å². The summed E-state index contributed by atoms with van der Waals surface area (Å²) in [7, 11) is 0. The van der Waals surface area contributed by atoms with Crippen molar-refractivity contribution in [3.8, 4) is 0 Å². The second-order valence-electron chi connectivity index (χ2n) is 4.19. The number of nitrogens with zero attached hydrogens (tertiary/aromatic N) is 2. The van der Waals surface area contributed by atoms with Crippen LogP contribution in [0.25, 0.3) is 6.20 Å². The fourth-order valence-corrected chi connectivity index (χ4v) is 2.13. The Kier molecular flexibility index (Phi) is 2.41. The van der Waals surface area contributed by atoms with Gasteiger partial charge in [0.2, 0.25) is 0 Å². The van der Waals surface area contributed by atoms with E-state index in [-0.39, 0.29) is 6.17 Å². The van der Waals surface area contributed by atoms with Gasteiger partial charge < -0.3 is 4.90 Å². The third kappa shape index (κ3) is 1.82.